The van der Waals surface area contributed by atoms with Gasteiger partial charge in [0.15, 0.2) is 0 Å². The zero-order valence-corrected chi connectivity index (χ0v) is 16.1. The van der Waals surface area contributed by atoms with Gasteiger partial charge in [-0.1, -0.05) is 60.7 Å². The van der Waals surface area contributed by atoms with Gasteiger partial charge < -0.3 is 14.0 Å². The molecule has 27 heavy (non-hydrogen) atoms. The molecule has 0 atom stereocenters. The molecule has 0 fully saturated rings. The molecule has 0 aliphatic rings. The maximum atomic E-state index is 11.9. The highest BCUT2D eigenvalue weighted by Gasteiger charge is 2.17. The SMILES string of the molecule is C[N+](C)(CCOC(=O)Cc1ccccc1)CCOC(=O)Cc1ccccc1. The van der Waals surface area contributed by atoms with Crippen LogP contribution in [-0.4, -0.2) is 56.8 Å². The third-order valence-corrected chi connectivity index (χ3v) is 4.30. The average Bonchev–Trinajstić information content (AvgIpc) is 2.63. The zero-order chi connectivity index (χ0) is 19.5. The van der Waals surface area contributed by atoms with Gasteiger partial charge in [0.05, 0.1) is 26.9 Å². The number of hydrogen-bond acceptors (Lipinski definition) is 4. The number of likely N-dealkylation sites (N-methyl/N-ethyl adjacent to an activating group) is 1. The van der Waals surface area contributed by atoms with Crippen LogP contribution in [0.5, 0.6) is 0 Å². The van der Waals surface area contributed by atoms with Gasteiger partial charge in [-0.3, -0.25) is 9.59 Å². The minimum atomic E-state index is -0.226. The first-order valence-corrected chi connectivity index (χ1v) is 9.16. The number of rotatable bonds is 10. The van der Waals surface area contributed by atoms with Gasteiger partial charge in [-0.2, -0.15) is 0 Å². The second kappa shape index (κ2) is 10.5. The number of hydrogen-bond donors (Lipinski definition) is 0. The van der Waals surface area contributed by atoms with Crippen molar-refractivity contribution in [2.45, 2.75) is 12.8 Å². The molecule has 0 N–H and O–H groups in total. The number of carbonyl (C=O) groups excluding carboxylic acids is 2. The van der Waals surface area contributed by atoms with Gasteiger partial charge in [-0.15, -0.1) is 0 Å². The highest BCUT2D eigenvalue weighted by atomic mass is 16.5. The Balaban J connectivity index is 1.61. The highest BCUT2D eigenvalue weighted by Crippen LogP contribution is 2.04. The summed E-state index contributed by atoms with van der Waals surface area (Å²) in [5.41, 5.74) is 1.89. The molecule has 144 valence electrons. The van der Waals surface area contributed by atoms with Crippen LogP contribution in [0.4, 0.5) is 0 Å². The van der Waals surface area contributed by atoms with E-state index in [2.05, 4.69) is 0 Å². The Hall–Kier alpha value is -2.66. The summed E-state index contributed by atoms with van der Waals surface area (Å²) in [4.78, 5) is 23.8. The average molecular weight is 370 g/mol. The lowest BCUT2D eigenvalue weighted by molar-refractivity contribution is -0.890. The van der Waals surface area contributed by atoms with Crippen LogP contribution in [0.25, 0.3) is 0 Å². The molecule has 2 rings (SSSR count). The lowest BCUT2D eigenvalue weighted by Gasteiger charge is -2.29. The second-order valence-electron chi connectivity index (χ2n) is 7.15. The summed E-state index contributed by atoms with van der Waals surface area (Å²) in [6.45, 7) is 2.01. The van der Waals surface area contributed by atoms with Crippen molar-refractivity contribution < 1.29 is 23.5 Å². The van der Waals surface area contributed by atoms with Crippen molar-refractivity contribution in [3.63, 3.8) is 0 Å². The quantitative estimate of drug-likeness (QED) is 0.477. The summed E-state index contributed by atoms with van der Waals surface area (Å²) in [5, 5.41) is 0. The Morgan fingerprint density at radius 3 is 1.44 bits per heavy atom. The van der Waals surface area contributed by atoms with Crippen LogP contribution < -0.4 is 0 Å². The van der Waals surface area contributed by atoms with Gasteiger partial charge >= 0.3 is 11.9 Å². The normalized spacial score (nSPS) is 11.0. The number of ether oxygens (including phenoxy) is 2. The van der Waals surface area contributed by atoms with Crippen LogP contribution in [0, 0.1) is 0 Å². The number of benzene rings is 2. The maximum absolute atomic E-state index is 11.9. The molecule has 5 nitrogen and oxygen atoms in total. The van der Waals surface area contributed by atoms with Gasteiger partial charge in [-0.05, 0) is 11.1 Å². The van der Waals surface area contributed by atoms with Gasteiger partial charge in [0.25, 0.3) is 0 Å². The van der Waals surface area contributed by atoms with E-state index < -0.39 is 0 Å². The smallest absolute Gasteiger partial charge is 0.310 e. The maximum Gasteiger partial charge on any atom is 0.310 e. The molecule has 0 radical (unpaired) electrons. The van der Waals surface area contributed by atoms with Crippen LogP contribution in [0.3, 0.4) is 0 Å². The van der Waals surface area contributed by atoms with Crippen molar-refractivity contribution in [2.24, 2.45) is 0 Å². The molecule has 0 unspecified atom stereocenters. The van der Waals surface area contributed by atoms with E-state index in [1.807, 2.05) is 74.8 Å². The molecule has 5 heteroatoms. The molecule has 0 aromatic heterocycles. The van der Waals surface area contributed by atoms with E-state index >= 15 is 0 Å². The lowest BCUT2D eigenvalue weighted by Crippen LogP contribution is -2.45. The molecular formula is C22H28NO4+. The third-order valence-electron chi connectivity index (χ3n) is 4.30. The fraction of sp³-hybridized carbons (Fsp3) is 0.364. The Labute approximate surface area is 161 Å². The largest absolute Gasteiger partial charge is 0.459 e. The van der Waals surface area contributed by atoms with Crippen LogP contribution in [0.15, 0.2) is 60.7 Å². The van der Waals surface area contributed by atoms with Crippen LogP contribution in [0.2, 0.25) is 0 Å². The minimum Gasteiger partial charge on any atom is -0.459 e. The van der Waals surface area contributed by atoms with E-state index in [0.29, 0.717) is 30.8 Å². The molecule has 0 saturated carbocycles. The highest BCUT2D eigenvalue weighted by molar-refractivity contribution is 5.72. The van der Waals surface area contributed by atoms with E-state index in [1.165, 1.54) is 0 Å². The summed E-state index contributed by atoms with van der Waals surface area (Å²) in [7, 11) is 4.05. The monoisotopic (exact) mass is 370 g/mol. The number of nitrogens with zero attached hydrogens (tertiary/aromatic N) is 1. The van der Waals surface area contributed by atoms with Gasteiger partial charge in [0.1, 0.15) is 26.3 Å². The van der Waals surface area contributed by atoms with Crippen molar-refractivity contribution in [1.82, 2.24) is 0 Å². The molecule has 2 aromatic rings. The second-order valence-corrected chi connectivity index (χ2v) is 7.15. The van der Waals surface area contributed by atoms with Gasteiger partial charge in [0.2, 0.25) is 0 Å². The van der Waals surface area contributed by atoms with Crippen LogP contribution in [-0.2, 0) is 31.9 Å². The molecule has 0 saturated heterocycles. The Morgan fingerprint density at radius 2 is 1.07 bits per heavy atom. The molecule has 0 aliphatic carbocycles. The number of quaternary nitrogens is 1. The first-order valence-electron chi connectivity index (χ1n) is 9.16. The van der Waals surface area contributed by atoms with Crippen molar-refractivity contribution in [2.75, 3.05) is 40.4 Å². The zero-order valence-electron chi connectivity index (χ0n) is 16.1. The first kappa shape index (κ1) is 20.6. The minimum absolute atomic E-state index is 0.226. The molecule has 0 bridgehead atoms. The standard InChI is InChI=1S/C22H28NO4/c1-23(2,13-15-26-21(24)17-19-9-5-3-6-10-19)14-16-27-22(25)18-20-11-7-4-8-12-20/h3-12H,13-18H2,1-2H3/q+1. The van der Waals surface area contributed by atoms with E-state index in [1.54, 1.807) is 0 Å². The lowest BCUT2D eigenvalue weighted by atomic mass is 10.2. The first-order chi connectivity index (χ1) is 12.9. The van der Waals surface area contributed by atoms with Crippen LogP contribution in [0.1, 0.15) is 11.1 Å². The van der Waals surface area contributed by atoms with E-state index in [0.717, 1.165) is 11.1 Å². The Morgan fingerprint density at radius 1 is 0.704 bits per heavy atom. The van der Waals surface area contributed by atoms with Crippen molar-refractivity contribution in [3.05, 3.63) is 71.8 Å². The molecule has 0 spiro atoms. The van der Waals surface area contributed by atoms with Crippen LogP contribution >= 0.6 is 0 Å². The molecule has 0 amide bonds. The van der Waals surface area contributed by atoms with Crippen molar-refractivity contribution in [3.8, 4) is 0 Å². The van der Waals surface area contributed by atoms with E-state index in [-0.39, 0.29) is 24.8 Å². The summed E-state index contributed by atoms with van der Waals surface area (Å²) in [6.07, 6.45) is 0.566. The predicted octanol–water partition coefficient (Wildman–Crippen LogP) is 2.63. The topological polar surface area (TPSA) is 52.6 Å². The van der Waals surface area contributed by atoms with Crippen molar-refractivity contribution >= 4 is 11.9 Å². The number of esters is 2. The molecule has 0 heterocycles. The molecule has 2 aromatic carbocycles. The summed E-state index contributed by atoms with van der Waals surface area (Å²) in [5.74, 6) is -0.453. The Kier molecular flexibility index (Phi) is 8.01. The van der Waals surface area contributed by atoms with Gasteiger partial charge in [0, 0.05) is 0 Å². The number of carbonyl (C=O) groups is 2. The van der Waals surface area contributed by atoms with E-state index in [9.17, 15) is 9.59 Å². The fourth-order valence-corrected chi connectivity index (χ4v) is 2.55. The summed E-state index contributed by atoms with van der Waals surface area (Å²) >= 11 is 0. The fourth-order valence-electron chi connectivity index (χ4n) is 2.55. The molecule has 0 aliphatic heterocycles. The molecular weight excluding hydrogens is 342 g/mol. The van der Waals surface area contributed by atoms with Crippen molar-refractivity contribution in [1.29, 1.82) is 0 Å². The summed E-state index contributed by atoms with van der Waals surface area (Å²) < 4.78 is 11.3. The Bertz CT molecular complexity index is 652. The summed E-state index contributed by atoms with van der Waals surface area (Å²) in [6, 6.07) is 19.1. The van der Waals surface area contributed by atoms with Gasteiger partial charge in [-0.25, -0.2) is 0 Å². The third kappa shape index (κ3) is 8.51. The van der Waals surface area contributed by atoms with E-state index in [4.69, 9.17) is 9.47 Å². The predicted molar refractivity (Wildman–Crippen MR) is 104 cm³/mol.